The average molecular weight is 264 g/mol. The summed E-state index contributed by atoms with van der Waals surface area (Å²) in [6.45, 7) is 5.33. The molecular weight excluding hydrogens is 236 g/mol. The van der Waals surface area contributed by atoms with Gasteiger partial charge in [0.2, 0.25) is 0 Å². The fraction of sp³-hybridized carbons (Fsp3) is 0.733. The molecule has 0 aromatic carbocycles. The summed E-state index contributed by atoms with van der Waals surface area (Å²) >= 11 is 0. The van der Waals surface area contributed by atoms with E-state index < -0.39 is 0 Å². The number of aryl methyl sites for hydroxylation is 1. The van der Waals surface area contributed by atoms with Crippen molar-refractivity contribution in [2.45, 2.75) is 65.2 Å². The molecule has 0 radical (unpaired) electrons. The molecule has 0 unspecified atom stereocenters. The highest BCUT2D eigenvalue weighted by atomic mass is 15.0. The second-order valence-corrected chi connectivity index (χ2v) is 5.04. The van der Waals surface area contributed by atoms with Crippen LogP contribution in [0.3, 0.4) is 0 Å². The van der Waals surface area contributed by atoms with Crippen molar-refractivity contribution >= 4 is 11.6 Å². The van der Waals surface area contributed by atoms with Gasteiger partial charge in [-0.2, -0.15) is 0 Å². The first-order chi connectivity index (χ1) is 9.26. The number of nitrogens with two attached hydrogens (primary N) is 1. The molecule has 0 atom stereocenters. The summed E-state index contributed by atoms with van der Waals surface area (Å²) in [7, 11) is 0. The summed E-state index contributed by atoms with van der Waals surface area (Å²) in [6, 6.07) is 1.82. The predicted molar refractivity (Wildman–Crippen MR) is 82.3 cm³/mol. The zero-order chi connectivity index (χ0) is 13.9. The Bertz CT molecular complexity index is 352. The lowest BCUT2D eigenvalue weighted by atomic mass is 10.1. The monoisotopic (exact) mass is 264 g/mol. The fourth-order valence-electron chi connectivity index (χ4n) is 2.07. The molecule has 4 heteroatoms. The van der Waals surface area contributed by atoms with Crippen LogP contribution in [0.4, 0.5) is 11.6 Å². The molecule has 0 aliphatic carbocycles. The number of anilines is 2. The first-order valence-electron chi connectivity index (χ1n) is 7.63. The third-order valence-corrected chi connectivity index (χ3v) is 3.10. The molecule has 108 valence electrons. The highest BCUT2D eigenvalue weighted by molar-refractivity contribution is 5.44. The van der Waals surface area contributed by atoms with Crippen molar-refractivity contribution in [1.82, 2.24) is 9.97 Å². The van der Waals surface area contributed by atoms with Crippen LogP contribution in [0, 0.1) is 0 Å². The number of nitrogens with one attached hydrogen (secondary N) is 1. The lowest BCUT2D eigenvalue weighted by Crippen LogP contribution is -2.07. The summed E-state index contributed by atoms with van der Waals surface area (Å²) in [6.07, 6.45) is 9.76. The number of hydrogen-bond donors (Lipinski definition) is 2. The molecule has 0 saturated carbocycles. The van der Waals surface area contributed by atoms with Gasteiger partial charge in [-0.25, -0.2) is 9.97 Å². The van der Waals surface area contributed by atoms with Crippen LogP contribution in [0.5, 0.6) is 0 Å². The van der Waals surface area contributed by atoms with Crippen LogP contribution in [-0.4, -0.2) is 16.5 Å². The van der Waals surface area contributed by atoms with E-state index >= 15 is 0 Å². The molecule has 1 aromatic heterocycles. The Balaban J connectivity index is 2.25. The van der Waals surface area contributed by atoms with E-state index in [9.17, 15) is 0 Å². The van der Waals surface area contributed by atoms with Crippen LogP contribution in [0.15, 0.2) is 6.07 Å². The van der Waals surface area contributed by atoms with Gasteiger partial charge in [0.15, 0.2) is 0 Å². The minimum atomic E-state index is 0.559. The molecule has 19 heavy (non-hydrogen) atoms. The van der Waals surface area contributed by atoms with Crippen LogP contribution in [0.2, 0.25) is 0 Å². The van der Waals surface area contributed by atoms with E-state index in [0.717, 1.165) is 31.0 Å². The minimum absolute atomic E-state index is 0.559. The maximum atomic E-state index is 5.78. The van der Waals surface area contributed by atoms with Crippen LogP contribution >= 0.6 is 0 Å². The smallest absolute Gasteiger partial charge is 0.133 e. The molecule has 3 N–H and O–H groups in total. The Hall–Kier alpha value is -1.32. The highest BCUT2D eigenvalue weighted by Gasteiger charge is 2.01. The van der Waals surface area contributed by atoms with Crippen LogP contribution < -0.4 is 11.1 Å². The highest BCUT2D eigenvalue weighted by Crippen LogP contribution is 2.10. The Morgan fingerprint density at radius 1 is 1.00 bits per heavy atom. The van der Waals surface area contributed by atoms with Gasteiger partial charge in [0, 0.05) is 19.0 Å². The maximum absolute atomic E-state index is 5.78. The molecule has 0 aliphatic heterocycles. The predicted octanol–water partition coefficient (Wildman–Crippen LogP) is 3.78. The van der Waals surface area contributed by atoms with Crippen LogP contribution in [0.25, 0.3) is 0 Å². The van der Waals surface area contributed by atoms with E-state index in [1.54, 1.807) is 0 Å². The van der Waals surface area contributed by atoms with Crippen molar-refractivity contribution in [1.29, 1.82) is 0 Å². The molecular formula is C15H28N4. The molecule has 0 amide bonds. The van der Waals surface area contributed by atoms with Gasteiger partial charge in [0.25, 0.3) is 0 Å². The second kappa shape index (κ2) is 9.59. The third-order valence-electron chi connectivity index (χ3n) is 3.10. The van der Waals surface area contributed by atoms with E-state index in [1.807, 2.05) is 6.07 Å². The van der Waals surface area contributed by atoms with Crippen molar-refractivity contribution in [2.24, 2.45) is 0 Å². The summed E-state index contributed by atoms with van der Waals surface area (Å²) in [5, 5.41) is 3.34. The van der Waals surface area contributed by atoms with E-state index in [-0.39, 0.29) is 0 Å². The quantitative estimate of drug-likeness (QED) is 0.631. The Morgan fingerprint density at radius 3 is 2.47 bits per heavy atom. The van der Waals surface area contributed by atoms with E-state index in [0.29, 0.717) is 5.82 Å². The summed E-state index contributed by atoms with van der Waals surface area (Å²) in [4.78, 5) is 8.70. The first-order valence-corrected chi connectivity index (χ1v) is 7.63. The fourth-order valence-corrected chi connectivity index (χ4v) is 2.07. The molecule has 1 heterocycles. The molecule has 0 fully saturated rings. The van der Waals surface area contributed by atoms with Gasteiger partial charge in [-0.1, -0.05) is 46.0 Å². The van der Waals surface area contributed by atoms with Crippen molar-refractivity contribution in [2.75, 3.05) is 17.6 Å². The Labute approximate surface area is 117 Å². The van der Waals surface area contributed by atoms with Crippen molar-refractivity contribution in [3.63, 3.8) is 0 Å². The molecule has 0 saturated heterocycles. The topological polar surface area (TPSA) is 63.8 Å². The summed E-state index contributed by atoms with van der Waals surface area (Å²) in [5.41, 5.74) is 5.78. The van der Waals surface area contributed by atoms with Gasteiger partial charge in [-0.3, -0.25) is 0 Å². The van der Waals surface area contributed by atoms with Crippen LogP contribution in [-0.2, 0) is 6.42 Å². The van der Waals surface area contributed by atoms with Crippen molar-refractivity contribution < 1.29 is 0 Å². The third kappa shape index (κ3) is 6.99. The van der Waals surface area contributed by atoms with Gasteiger partial charge in [0.1, 0.15) is 17.5 Å². The SMILES string of the molecule is CCCCCCCCNc1cc(N)nc(CCC)n1. The zero-order valence-corrected chi connectivity index (χ0v) is 12.4. The van der Waals surface area contributed by atoms with Crippen molar-refractivity contribution in [3.8, 4) is 0 Å². The van der Waals surface area contributed by atoms with Crippen LogP contribution in [0.1, 0.15) is 64.6 Å². The van der Waals surface area contributed by atoms with Gasteiger partial charge < -0.3 is 11.1 Å². The number of rotatable bonds is 10. The van der Waals surface area contributed by atoms with E-state index in [2.05, 4.69) is 29.1 Å². The van der Waals surface area contributed by atoms with Crippen molar-refractivity contribution in [3.05, 3.63) is 11.9 Å². The maximum Gasteiger partial charge on any atom is 0.133 e. The number of nitrogen functional groups attached to an aromatic ring is 1. The Kier molecular flexibility index (Phi) is 7.94. The lowest BCUT2D eigenvalue weighted by Gasteiger charge is -2.08. The van der Waals surface area contributed by atoms with Gasteiger partial charge in [0.05, 0.1) is 0 Å². The molecule has 0 spiro atoms. The lowest BCUT2D eigenvalue weighted by molar-refractivity contribution is 0.616. The second-order valence-electron chi connectivity index (χ2n) is 5.04. The number of aromatic nitrogens is 2. The molecule has 1 aromatic rings. The molecule has 4 nitrogen and oxygen atoms in total. The Morgan fingerprint density at radius 2 is 1.74 bits per heavy atom. The standard InChI is InChI=1S/C15H28N4/c1-3-5-6-7-8-9-11-17-15-12-13(16)18-14(19-15)10-4-2/h12H,3-11H2,1-2H3,(H3,16,17,18,19). The number of hydrogen-bond acceptors (Lipinski definition) is 4. The summed E-state index contributed by atoms with van der Waals surface area (Å²) in [5.74, 6) is 2.27. The average Bonchev–Trinajstić information content (AvgIpc) is 2.37. The zero-order valence-electron chi connectivity index (χ0n) is 12.4. The number of unbranched alkanes of at least 4 members (excludes halogenated alkanes) is 5. The molecule has 1 rings (SSSR count). The van der Waals surface area contributed by atoms with Gasteiger partial charge in [-0.05, 0) is 12.8 Å². The van der Waals surface area contributed by atoms with E-state index in [1.165, 1.54) is 38.5 Å². The largest absolute Gasteiger partial charge is 0.384 e. The molecule has 0 bridgehead atoms. The van der Waals surface area contributed by atoms with Gasteiger partial charge >= 0.3 is 0 Å². The normalized spacial score (nSPS) is 10.6. The number of nitrogens with zero attached hydrogens (tertiary/aromatic N) is 2. The first kappa shape index (κ1) is 15.7. The molecule has 0 aliphatic rings. The summed E-state index contributed by atoms with van der Waals surface area (Å²) < 4.78 is 0. The minimum Gasteiger partial charge on any atom is -0.384 e. The van der Waals surface area contributed by atoms with E-state index in [4.69, 9.17) is 5.73 Å². The van der Waals surface area contributed by atoms with Gasteiger partial charge in [-0.15, -0.1) is 0 Å².